The standard InChI is InChI=1S/C14H21N3O/c1-10-3-4-11(8-15)12(7-10)17-6-5-14(2,9-17)13(16)18/h3-4,7H,5-6,8-9,15H2,1-2H3,(H2,16,18). The fourth-order valence-electron chi connectivity index (χ4n) is 2.51. The quantitative estimate of drug-likeness (QED) is 0.841. The van der Waals surface area contributed by atoms with E-state index >= 15 is 0 Å². The van der Waals surface area contributed by atoms with Gasteiger partial charge in [0.15, 0.2) is 0 Å². The monoisotopic (exact) mass is 247 g/mol. The predicted molar refractivity (Wildman–Crippen MR) is 73.2 cm³/mol. The number of carbonyl (C=O) groups is 1. The van der Waals surface area contributed by atoms with Crippen LogP contribution in [0, 0.1) is 12.3 Å². The topological polar surface area (TPSA) is 72.3 Å². The molecule has 98 valence electrons. The van der Waals surface area contributed by atoms with E-state index in [-0.39, 0.29) is 5.91 Å². The van der Waals surface area contributed by atoms with Crippen molar-refractivity contribution in [2.75, 3.05) is 18.0 Å². The number of hydrogen-bond acceptors (Lipinski definition) is 3. The number of primary amides is 1. The first-order valence-electron chi connectivity index (χ1n) is 6.31. The zero-order chi connectivity index (χ0) is 13.3. The Hall–Kier alpha value is -1.55. The lowest BCUT2D eigenvalue weighted by Gasteiger charge is -2.24. The number of hydrogen-bond donors (Lipinski definition) is 2. The largest absolute Gasteiger partial charge is 0.370 e. The number of aryl methyl sites for hydroxylation is 1. The minimum atomic E-state index is -0.421. The summed E-state index contributed by atoms with van der Waals surface area (Å²) in [4.78, 5) is 13.7. The molecular weight excluding hydrogens is 226 g/mol. The van der Waals surface area contributed by atoms with Crippen LogP contribution in [0.1, 0.15) is 24.5 Å². The Kier molecular flexibility index (Phi) is 3.30. The Morgan fingerprint density at radius 2 is 2.22 bits per heavy atom. The van der Waals surface area contributed by atoms with Gasteiger partial charge in [-0.3, -0.25) is 4.79 Å². The van der Waals surface area contributed by atoms with Crippen molar-refractivity contribution >= 4 is 11.6 Å². The van der Waals surface area contributed by atoms with Crippen LogP contribution in [0.25, 0.3) is 0 Å². The van der Waals surface area contributed by atoms with Crippen molar-refractivity contribution in [2.24, 2.45) is 16.9 Å². The van der Waals surface area contributed by atoms with Gasteiger partial charge in [0.2, 0.25) is 5.91 Å². The van der Waals surface area contributed by atoms with Crippen LogP contribution >= 0.6 is 0 Å². The second kappa shape index (κ2) is 4.61. The van der Waals surface area contributed by atoms with Crippen LogP contribution in [0.15, 0.2) is 18.2 Å². The van der Waals surface area contributed by atoms with E-state index in [1.54, 1.807) is 0 Å². The van der Waals surface area contributed by atoms with Crippen LogP contribution in [0.2, 0.25) is 0 Å². The third-order valence-corrected chi connectivity index (χ3v) is 3.87. The molecule has 1 aliphatic rings. The van der Waals surface area contributed by atoms with Crippen LogP contribution < -0.4 is 16.4 Å². The van der Waals surface area contributed by atoms with Gasteiger partial charge in [-0.25, -0.2) is 0 Å². The lowest BCUT2D eigenvalue weighted by molar-refractivity contribution is -0.125. The smallest absolute Gasteiger partial charge is 0.225 e. The molecule has 0 aromatic heterocycles. The first-order valence-corrected chi connectivity index (χ1v) is 6.31. The van der Waals surface area contributed by atoms with Crippen molar-refractivity contribution in [3.05, 3.63) is 29.3 Å². The summed E-state index contributed by atoms with van der Waals surface area (Å²) in [6.45, 7) is 6.05. The Bertz CT molecular complexity index is 472. The molecule has 1 saturated heterocycles. The van der Waals surface area contributed by atoms with Crippen molar-refractivity contribution in [3.8, 4) is 0 Å². The molecule has 1 heterocycles. The molecular formula is C14H21N3O. The van der Waals surface area contributed by atoms with E-state index < -0.39 is 5.41 Å². The molecule has 1 aliphatic heterocycles. The Labute approximate surface area is 108 Å². The second-order valence-corrected chi connectivity index (χ2v) is 5.43. The second-order valence-electron chi connectivity index (χ2n) is 5.43. The summed E-state index contributed by atoms with van der Waals surface area (Å²) in [5.41, 5.74) is 14.3. The van der Waals surface area contributed by atoms with E-state index in [9.17, 15) is 4.79 Å². The summed E-state index contributed by atoms with van der Waals surface area (Å²) < 4.78 is 0. The molecule has 4 N–H and O–H groups in total. The summed E-state index contributed by atoms with van der Waals surface area (Å²) in [7, 11) is 0. The van der Waals surface area contributed by atoms with Crippen molar-refractivity contribution in [2.45, 2.75) is 26.8 Å². The van der Waals surface area contributed by atoms with Crippen LogP contribution in [0.5, 0.6) is 0 Å². The highest BCUT2D eigenvalue weighted by atomic mass is 16.1. The van der Waals surface area contributed by atoms with Gasteiger partial charge in [0.1, 0.15) is 0 Å². The zero-order valence-electron chi connectivity index (χ0n) is 11.1. The molecule has 4 heteroatoms. The van der Waals surface area contributed by atoms with Crippen LogP contribution in [-0.2, 0) is 11.3 Å². The van der Waals surface area contributed by atoms with Crippen LogP contribution in [0.4, 0.5) is 5.69 Å². The molecule has 0 spiro atoms. The van der Waals surface area contributed by atoms with Crippen molar-refractivity contribution in [3.63, 3.8) is 0 Å². The number of nitrogens with two attached hydrogens (primary N) is 2. The van der Waals surface area contributed by atoms with E-state index in [2.05, 4.69) is 30.0 Å². The summed E-state index contributed by atoms with van der Waals surface area (Å²) in [6.07, 6.45) is 0.806. The molecule has 1 aromatic carbocycles. The Balaban J connectivity index is 2.29. The molecule has 0 radical (unpaired) electrons. The maximum atomic E-state index is 11.5. The Morgan fingerprint density at radius 3 is 2.78 bits per heavy atom. The average molecular weight is 247 g/mol. The van der Waals surface area contributed by atoms with Crippen molar-refractivity contribution in [1.29, 1.82) is 0 Å². The Morgan fingerprint density at radius 1 is 1.50 bits per heavy atom. The number of benzene rings is 1. The molecule has 18 heavy (non-hydrogen) atoms. The average Bonchev–Trinajstić information content (AvgIpc) is 2.73. The van der Waals surface area contributed by atoms with Gasteiger partial charge in [-0.1, -0.05) is 12.1 Å². The van der Waals surface area contributed by atoms with Crippen molar-refractivity contribution < 1.29 is 4.79 Å². The number of rotatable bonds is 3. The first kappa shape index (κ1) is 12.9. The van der Waals surface area contributed by atoms with Crippen LogP contribution in [0.3, 0.4) is 0 Å². The molecule has 1 atom stereocenters. The van der Waals surface area contributed by atoms with Gasteiger partial charge < -0.3 is 16.4 Å². The molecule has 4 nitrogen and oxygen atoms in total. The maximum Gasteiger partial charge on any atom is 0.225 e. The van der Waals surface area contributed by atoms with Gasteiger partial charge in [0, 0.05) is 25.3 Å². The third-order valence-electron chi connectivity index (χ3n) is 3.87. The molecule has 1 amide bonds. The van der Waals surface area contributed by atoms with Gasteiger partial charge >= 0.3 is 0 Å². The number of anilines is 1. The third kappa shape index (κ3) is 2.20. The molecule has 0 bridgehead atoms. The molecule has 1 fully saturated rings. The summed E-state index contributed by atoms with van der Waals surface area (Å²) in [5, 5.41) is 0. The van der Waals surface area contributed by atoms with E-state index in [4.69, 9.17) is 11.5 Å². The molecule has 1 unspecified atom stereocenters. The highest BCUT2D eigenvalue weighted by Crippen LogP contribution is 2.34. The molecule has 2 rings (SSSR count). The summed E-state index contributed by atoms with van der Waals surface area (Å²) >= 11 is 0. The van der Waals surface area contributed by atoms with Gasteiger partial charge in [-0.15, -0.1) is 0 Å². The van der Waals surface area contributed by atoms with E-state index in [1.165, 1.54) is 5.56 Å². The maximum absolute atomic E-state index is 11.5. The molecule has 1 aromatic rings. The predicted octanol–water partition coefficient (Wildman–Crippen LogP) is 1.16. The van der Waals surface area contributed by atoms with E-state index in [1.807, 2.05) is 6.92 Å². The fraction of sp³-hybridized carbons (Fsp3) is 0.500. The minimum Gasteiger partial charge on any atom is -0.370 e. The number of amides is 1. The van der Waals surface area contributed by atoms with Gasteiger partial charge in [0.05, 0.1) is 5.41 Å². The number of nitrogens with zero attached hydrogens (tertiary/aromatic N) is 1. The van der Waals surface area contributed by atoms with Gasteiger partial charge in [-0.2, -0.15) is 0 Å². The van der Waals surface area contributed by atoms with Gasteiger partial charge in [-0.05, 0) is 37.5 Å². The highest BCUT2D eigenvalue weighted by Gasteiger charge is 2.39. The van der Waals surface area contributed by atoms with E-state index in [0.717, 1.165) is 24.2 Å². The van der Waals surface area contributed by atoms with E-state index in [0.29, 0.717) is 13.1 Å². The zero-order valence-corrected chi connectivity index (χ0v) is 11.1. The lowest BCUT2D eigenvalue weighted by Crippen LogP contribution is -2.37. The summed E-state index contributed by atoms with van der Waals surface area (Å²) in [5.74, 6) is -0.216. The van der Waals surface area contributed by atoms with Gasteiger partial charge in [0.25, 0.3) is 0 Å². The lowest BCUT2D eigenvalue weighted by atomic mass is 9.89. The first-order chi connectivity index (χ1) is 8.46. The van der Waals surface area contributed by atoms with Crippen molar-refractivity contribution in [1.82, 2.24) is 0 Å². The fourth-order valence-corrected chi connectivity index (χ4v) is 2.51. The number of carbonyl (C=O) groups excluding carboxylic acids is 1. The summed E-state index contributed by atoms with van der Waals surface area (Å²) in [6, 6.07) is 6.26. The molecule has 0 saturated carbocycles. The highest BCUT2D eigenvalue weighted by molar-refractivity contribution is 5.82. The van der Waals surface area contributed by atoms with Crippen LogP contribution in [-0.4, -0.2) is 19.0 Å². The normalized spacial score (nSPS) is 23.4. The minimum absolute atomic E-state index is 0.216. The molecule has 0 aliphatic carbocycles. The SMILES string of the molecule is Cc1ccc(CN)c(N2CCC(C)(C(N)=O)C2)c1.